The molecule has 0 fully saturated rings. The summed E-state index contributed by atoms with van der Waals surface area (Å²) >= 11 is 1.12. The summed E-state index contributed by atoms with van der Waals surface area (Å²) in [5.41, 5.74) is -0.250. The van der Waals surface area contributed by atoms with Gasteiger partial charge in [0.1, 0.15) is 18.2 Å². The molecular formula is C22H13F6N3O2S. The van der Waals surface area contributed by atoms with Gasteiger partial charge in [0.25, 0.3) is 5.91 Å². The molecule has 0 atom stereocenters. The Kier molecular flexibility index (Phi) is 6.59. The van der Waals surface area contributed by atoms with E-state index in [1.165, 1.54) is 24.4 Å². The van der Waals surface area contributed by atoms with Crippen molar-refractivity contribution in [3.63, 3.8) is 0 Å². The molecule has 0 aliphatic heterocycles. The molecule has 0 bridgehead atoms. The van der Waals surface area contributed by atoms with Crippen LogP contribution >= 0.6 is 11.3 Å². The summed E-state index contributed by atoms with van der Waals surface area (Å²) in [6.45, 7) is -0.644. The van der Waals surface area contributed by atoms with E-state index in [0.29, 0.717) is 16.2 Å². The number of rotatable bonds is 7. The average Bonchev–Trinajstić information content (AvgIpc) is 3.47. The van der Waals surface area contributed by atoms with Crippen molar-refractivity contribution in [2.75, 3.05) is 5.32 Å². The van der Waals surface area contributed by atoms with E-state index in [9.17, 15) is 31.1 Å². The SMILES string of the molecule is O=C(Nc1cnn(Cc2c(F)c(F)c(F)c(F)c2F)c1)c1cc(COc2cccc(F)c2)cs1. The standard InChI is InChI=1S/C22H13F6N3O2S/c23-12-2-1-3-14(5-12)33-9-11-4-16(34-10-11)22(32)30-13-6-29-31(7-13)8-15-17(24)19(26)21(28)20(27)18(15)25/h1-7,10H,8-9H2,(H,30,32). The van der Waals surface area contributed by atoms with Crippen LogP contribution in [0.2, 0.25) is 0 Å². The highest BCUT2D eigenvalue weighted by molar-refractivity contribution is 7.12. The lowest BCUT2D eigenvalue weighted by atomic mass is 10.1. The Morgan fingerprint density at radius 3 is 2.41 bits per heavy atom. The molecule has 0 unspecified atom stereocenters. The third kappa shape index (κ3) is 4.91. The van der Waals surface area contributed by atoms with Gasteiger partial charge in [-0.1, -0.05) is 6.07 Å². The topological polar surface area (TPSA) is 56.2 Å². The number of nitrogens with zero attached hydrogens (tertiary/aromatic N) is 2. The maximum absolute atomic E-state index is 13.9. The van der Waals surface area contributed by atoms with Gasteiger partial charge in [-0.2, -0.15) is 5.10 Å². The van der Waals surface area contributed by atoms with Crippen LogP contribution in [0.5, 0.6) is 5.75 Å². The molecule has 5 nitrogen and oxygen atoms in total. The summed E-state index contributed by atoms with van der Waals surface area (Å²) in [6.07, 6.45) is 2.34. The first kappa shape index (κ1) is 23.4. The van der Waals surface area contributed by atoms with Crippen LogP contribution in [0.25, 0.3) is 0 Å². The van der Waals surface area contributed by atoms with E-state index in [4.69, 9.17) is 4.74 Å². The molecule has 0 radical (unpaired) electrons. The molecule has 4 rings (SSSR count). The van der Waals surface area contributed by atoms with E-state index in [1.807, 2.05) is 0 Å². The fraction of sp³-hybridized carbons (Fsp3) is 0.0909. The lowest BCUT2D eigenvalue weighted by Gasteiger charge is -2.08. The molecule has 4 aromatic rings. The van der Waals surface area contributed by atoms with Crippen molar-refractivity contribution in [1.29, 1.82) is 0 Å². The highest BCUT2D eigenvalue weighted by atomic mass is 32.1. The Bertz CT molecular complexity index is 1340. The summed E-state index contributed by atoms with van der Waals surface area (Å²) < 4.78 is 87.2. The van der Waals surface area contributed by atoms with Gasteiger partial charge in [-0.15, -0.1) is 11.3 Å². The van der Waals surface area contributed by atoms with E-state index in [-0.39, 0.29) is 12.3 Å². The second-order valence-corrected chi connectivity index (χ2v) is 7.91. The number of amides is 1. The van der Waals surface area contributed by atoms with E-state index >= 15 is 0 Å². The van der Waals surface area contributed by atoms with Gasteiger partial charge in [0.15, 0.2) is 23.3 Å². The Hall–Kier alpha value is -3.80. The van der Waals surface area contributed by atoms with Crippen LogP contribution in [0.1, 0.15) is 20.8 Å². The minimum absolute atomic E-state index is 0.104. The summed E-state index contributed by atoms with van der Waals surface area (Å²) in [6, 6.07) is 7.17. The molecule has 34 heavy (non-hydrogen) atoms. The van der Waals surface area contributed by atoms with Crippen molar-refractivity contribution in [2.45, 2.75) is 13.2 Å². The number of nitrogens with one attached hydrogen (secondary N) is 1. The molecular weight excluding hydrogens is 484 g/mol. The predicted octanol–water partition coefficient (Wildman–Crippen LogP) is 5.66. The maximum atomic E-state index is 13.9. The first-order chi connectivity index (χ1) is 16.2. The van der Waals surface area contributed by atoms with Gasteiger partial charge in [-0.25, -0.2) is 26.3 Å². The number of hydrogen-bond donors (Lipinski definition) is 1. The number of aromatic nitrogens is 2. The maximum Gasteiger partial charge on any atom is 0.265 e. The van der Waals surface area contributed by atoms with Crippen LogP contribution < -0.4 is 10.1 Å². The Labute approximate surface area is 192 Å². The first-order valence-electron chi connectivity index (χ1n) is 9.53. The zero-order chi connectivity index (χ0) is 24.4. The highest BCUT2D eigenvalue weighted by Gasteiger charge is 2.26. The van der Waals surface area contributed by atoms with Crippen molar-refractivity contribution in [3.8, 4) is 5.75 Å². The van der Waals surface area contributed by atoms with Gasteiger partial charge in [0, 0.05) is 17.8 Å². The van der Waals surface area contributed by atoms with Gasteiger partial charge in [-0.05, 0) is 23.6 Å². The molecule has 1 amide bonds. The molecule has 0 aliphatic carbocycles. The third-order valence-corrected chi connectivity index (χ3v) is 5.57. The zero-order valence-electron chi connectivity index (χ0n) is 16.9. The van der Waals surface area contributed by atoms with E-state index in [0.717, 1.165) is 22.2 Å². The lowest BCUT2D eigenvalue weighted by molar-refractivity contribution is 0.103. The third-order valence-electron chi connectivity index (χ3n) is 4.59. The number of thiophene rings is 1. The van der Waals surface area contributed by atoms with Crippen LogP contribution in [-0.4, -0.2) is 15.7 Å². The number of carbonyl (C=O) groups is 1. The van der Waals surface area contributed by atoms with Crippen LogP contribution in [-0.2, 0) is 13.2 Å². The predicted molar refractivity (Wildman–Crippen MR) is 111 cm³/mol. The van der Waals surface area contributed by atoms with Gasteiger partial charge >= 0.3 is 0 Å². The Morgan fingerprint density at radius 2 is 1.71 bits per heavy atom. The van der Waals surface area contributed by atoms with Gasteiger partial charge in [0.2, 0.25) is 5.82 Å². The van der Waals surface area contributed by atoms with Gasteiger partial charge in [0.05, 0.1) is 28.9 Å². The minimum atomic E-state index is -2.25. The monoisotopic (exact) mass is 497 g/mol. The number of benzene rings is 2. The van der Waals surface area contributed by atoms with Crippen molar-refractivity contribution in [3.05, 3.63) is 99.0 Å². The fourth-order valence-corrected chi connectivity index (χ4v) is 3.74. The quantitative estimate of drug-likeness (QED) is 0.204. The van der Waals surface area contributed by atoms with E-state index < -0.39 is 52.9 Å². The Balaban J connectivity index is 1.40. The molecule has 12 heteroatoms. The number of halogens is 6. The van der Waals surface area contributed by atoms with Crippen molar-refractivity contribution in [1.82, 2.24) is 9.78 Å². The molecule has 0 spiro atoms. The van der Waals surface area contributed by atoms with Crippen LogP contribution in [0.3, 0.4) is 0 Å². The summed E-state index contributed by atoms with van der Waals surface area (Å²) in [7, 11) is 0. The van der Waals surface area contributed by atoms with Gasteiger partial charge < -0.3 is 10.1 Å². The smallest absolute Gasteiger partial charge is 0.265 e. The van der Waals surface area contributed by atoms with Crippen LogP contribution in [0, 0.1) is 34.9 Å². The van der Waals surface area contributed by atoms with Gasteiger partial charge in [-0.3, -0.25) is 9.48 Å². The number of ether oxygens (including phenoxy) is 1. The molecule has 1 N–H and O–H groups in total. The van der Waals surface area contributed by atoms with Crippen molar-refractivity contribution < 1.29 is 35.9 Å². The molecule has 0 saturated carbocycles. The normalized spacial score (nSPS) is 11.0. The largest absolute Gasteiger partial charge is 0.489 e. The Morgan fingerprint density at radius 1 is 1.00 bits per heavy atom. The van der Waals surface area contributed by atoms with Crippen molar-refractivity contribution in [2.24, 2.45) is 0 Å². The molecule has 2 heterocycles. The summed E-state index contributed by atoms with van der Waals surface area (Å²) in [5, 5.41) is 7.98. The molecule has 0 saturated heterocycles. The molecule has 2 aromatic carbocycles. The highest BCUT2D eigenvalue weighted by Crippen LogP contribution is 2.24. The number of hydrogen-bond acceptors (Lipinski definition) is 4. The number of anilines is 1. The fourth-order valence-electron chi connectivity index (χ4n) is 2.95. The molecule has 176 valence electrons. The van der Waals surface area contributed by atoms with Crippen LogP contribution in [0.4, 0.5) is 32.0 Å². The molecule has 2 aromatic heterocycles. The summed E-state index contributed by atoms with van der Waals surface area (Å²) in [5.74, 6) is -10.9. The van der Waals surface area contributed by atoms with Crippen LogP contribution in [0.15, 0.2) is 48.1 Å². The average molecular weight is 497 g/mol. The molecule has 0 aliphatic rings. The van der Waals surface area contributed by atoms with E-state index in [1.54, 1.807) is 17.5 Å². The first-order valence-corrected chi connectivity index (χ1v) is 10.4. The van der Waals surface area contributed by atoms with Crippen molar-refractivity contribution >= 4 is 22.9 Å². The second-order valence-electron chi connectivity index (χ2n) is 6.99. The minimum Gasteiger partial charge on any atom is -0.489 e. The number of carbonyl (C=O) groups excluding carboxylic acids is 1. The second kappa shape index (κ2) is 9.59. The lowest BCUT2D eigenvalue weighted by Crippen LogP contribution is -2.12. The van der Waals surface area contributed by atoms with E-state index in [2.05, 4.69) is 10.4 Å². The summed E-state index contributed by atoms with van der Waals surface area (Å²) in [4.78, 5) is 12.8. The zero-order valence-corrected chi connectivity index (χ0v) is 17.7.